The molecule has 7 nitrogen and oxygen atoms in total. The van der Waals surface area contributed by atoms with Gasteiger partial charge in [-0.15, -0.1) is 5.10 Å². The van der Waals surface area contributed by atoms with Crippen LogP contribution in [0.15, 0.2) is 47.3 Å². The molecular weight excluding hydrogens is 431 g/mol. The predicted molar refractivity (Wildman–Crippen MR) is 129 cm³/mol. The molecule has 8 heteroatoms. The summed E-state index contributed by atoms with van der Waals surface area (Å²) in [6.07, 6.45) is 2.22. The highest BCUT2D eigenvalue weighted by Crippen LogP contribution is 2.31. The Morgan fingerprint density at radius 2 is 1.97 bits per heavy atom. The lowest BCUT2D eigenvalue weighted by atomic mass is 9.95. The molecule has 176 valence electrons. The lowest BCUT2D eigenvalue weighted by Crippen LogP contribution is -2.41. The standard InChI is InChI=1S/C26H29FN6O/c1-16-5-4-12-32(14-16)24(22-13-20-9-6-17(2)18(3)23(20)28-26(22)34)25-29-30-31-33(25)15-19-7-10-21(27)11-8-19/h6-11,13,16,24H,4-5,12,14-15H2,1-3H3,(H,28,34)/t16-,24-/m1/s1. The molecule has 2 atom stereocenters. The minimum atomic E-state index is -0.382. The third-order valence-corrected chi connectivity index (χ3v) is 6.98. The fourth-order valence-electron chi connectivity index (χ4n) is 4.99. The van der Waals surface area contributed by atoms with Crippen molar-refractivity contribution in [3.8, 4) is 0 Å². The van der Waals surface area contributed by atoms with E-state index in [0.717, 1.165) is 53.5 Å². The van der Waals surface area contributed by atoms with Gasteiger partial charge in [0, 0.05) is 12.1 Å². The first kappa shape index (κ1) is 22.4. The second kappa shape index (κ2) is 9.10. The van der Waals surface area contributed by atoms with E-state index in [1.807, 2.05) is 19.9 Å². The van der Waals surface area contributed by atoms with Crippen LogP contribution in [0, 0.1) is 25.6 Å². The number of benzene rings is 2. The third-order valence-electron chi connectivity index (χ3n) is 6.98. The molecule has 1 fully saturated rings. The summed E-state index contributed by atoms with van der Waals surface area (Å²) in [5, 5.41) is 13.6. The fraction of sp³-hybridized carbons (Fsp3) is 0.385. The van der Waals surface area contributed by atoms with E-state index in [4.69, 9.17) is 0 Å². The van der Waals surface area contributed by atoms with Crippen molar-refractivity contribution < 1.29 is 4.39 Å². The van der Waals surface area contributed by atoms with Gasteiger partial charge in [0.05, 0.1) is 12.1 Å². The van der Waals surface area contributed by atoms with E-state index in [2.05, 4.69) is 44.5 Å². The van der Waals surface area contributed by atoms with Crippen molar-refractivity contribution in [2.24, 2.45) is 5.92 Å². The van der Waals surface area contributed by atoms with Gasteiger partial charge in [-0.25, -0.2) is 9.07 Å². The number of hydrogen-bond acceptors (Lipinski definition) is 5. The zero-order valence-electron chi connectivity index (χ0n) is 19.8. The Hall–Kier alpha value is -3.39. The summed E-state index contributed by atoms with van der Waals surface area (Å²) < 4.78 is 15.1. The topological polar surface area (TPSA) is 79.7 Å². The van der Waals surface area contributed by atoms with Crippen molar-refractivity contribution in [1.29, 1.82) is 0 Å². The Morgan fingerprint density at radius 1 is 1.18 bits per heavy atom. The van der Waals surface area contributed by atoms with Crippen molar-refractivity contribution in [2.75, 3.05) is 13.1 Å². The monoisotopic (exact) mass is 460 g/mol. The highest BCUT2D eigenvalue weighted by Gasteiger charge is 2.33. The summed E-state index contributed by atoms with van der Waals surface area (Å²) in [7, 11) is 0. The van der Waals surface area contributed by atoms with Gasteiger partial charge in [-0.2, -0.15) is 0 Å². The number of tetrazole rings is 1. The van der Waals surface area contributed by atoms with Gasteiger partial charge in [0.15, 0.2) is 5.82 Å². The van der Waals surface area contributed by atoms with Crippen molar-refractivity contribution >= 4 is 10.9 Å². The fourth-order valence-corrected chi connectivity index (χ4v) is 4.99. The number of aromatic amines is 1. The van der Waals surface area contributed by atoms with E-state index >= 15 is 0 Å². The minimum absolute atomic E-state index is 0.124. The van der Waals surface area contributed by atoms with Crippen LogP contribution in [0.3, 0.4) is 0 Å². The number of likely N-dealkylation sites (tertiary alicyclic amines) is 1. The molecule has 1 aliphatic rings. The van der Waals surface area contributed by atoms with Gasteiger partial charge in [0.25, 0.3) is 5.56 Å². The van der Waals surface area contributed by atoms with Crippen molar-refractivity contribution in [3.63, 3.8) is 0 Å². The van der Waals surface area contributed by atoms with Crippen LogP contribution in [-0.4, -0.2) is 43.2 Å². The number of nitrogens with zero attached hydrogens (tertiary/aromatic N) is 5. The number of aryl methyl sites for hydroxylation is 2. The van der Waals surface area contributed by atoms with Gasteiger partial charge in [-0.05, 0) is 89.9 Å². The first-order chi connectivity index (χ1) is 16.4. The Morgan fingerprint density at radius 3 is 2.74 bits per heavy atom. The molecule has 0 radical (unpaired) electrons. The number of aromatic nitrogens is 5. The first-order valence-electron chi connectivity index (χ1n) is 11.8. The second-order valence-electron chi connectivity index (χ2n) is 9.49. The molecule has 2 aromatic heterocycles. The zero-order valence-corrected chi connectivity index (χ0v) is 19.8. The van der Waals surface area contributed by atoms with Crippen molar-refractivity contribution in [2.45, 2.75) is 46.2 Å². The maximum Gasteiger partial charge on any atom is 0.253 e. The summed E-state index contributed by atoms with van der Waals surface area (Å²) in [5.41, 5.74) is 4.48. The molecule has 1 saturated heterocycles. The van der Waals surface area contributed by atoms with Crippen molar-refractivity contribution in [3.05, 3.63) is 86.7 Å². The van der Waals surface area contributed by atoms with Crippen LogP contribution < -0.4 is 5.56 Å². The molecule has 0 bridgehead atoms. The Bertz CT molecular complexity index is 1380. The largest absolute Gasteiger partial charge is 0.321 e. The molecule has 1 N–H and O–H groups in total. The number of piperidine rings is 1. The molecule has 0 unspecified atom stereocenters. The molecule has 5 rings (SSSR count). The molecule has 0 amide bonds. The van der Waals surface area contributed by atoms with Crippen LogP contribution in [0.2, 0.25) is 0 Å². The van der Waals surface area contributed by atoms with Crippen molar-refractivity contribution in [1.82, 2.24) is 30.1 Å². The highest BCUT2D eigenvalue weighted by atomic mass is 19.1. The second-order valence-corrected chi connectivity index (χ2v) is 9.49. The van der Waals surface area contributed by atoms with Gasteiger partial charge in [0.1, 0.15) is 11.9 Å². The summed E-state index contributed by atoms with van der Waals surface area (Å²) >= 11 is 0. The van der Waals surface area contributed by atoms with Crippen LogP contribution in [0.25, 0.3) is 10.9 Å². The van der Waals surface area contributed by atoms with Gasteiger partial charge < -0.3 is 4.98 Å². The van der Waals surface area contributed by atoms with Crippen LogP contribution in [0.4, 0.5) is 4.39 Å². The lowest BCUT2D eigenvalue weighted by molar-refractivity contribution is 0.141. The number of halogens is 1. The zero-order chi connectivity index (χ0) is 23.8. The average Bonchev–Trinajstić information content (AvgIpc) is 3.27. The summed E-state index contributed by atoms with van der Waals surface area (Å²) in [6, 6.07) is 12.1. The van der Waals surface area contributed by atoms with Gasteiger partial charge in [-0.1, -0.05) is 31.2 Å². The van der Waals surface area contributed by atoms with Gasteiger partial charge in [0.2, 0.25) is 0 Å². The van der Waals surface area contributed by atoms with Crippen LogP contribution in [0.5, 0.6) is 0 Å². The average molecular weight is 461 g/mol. The van der Waals surface area contributed by atoms with E-state index in [1.165, 1.54) is 12.1 Å². The molecule has 1 aliphatic heterocycles. The number of nitrogens with one attached hydrogen (secondary N) is 1. The van der Waals surface area contributed by atoms with Crippen LogP contribution in [-0.2, 0) is 6.54 Å². The van der Waals surface area contributed by atoms with E-state index in [-0.39, 0.29) is 17.4 Å². The molecule has 0 spiro atoms. The van der Waals surface area contributed by atoms with Crippen LogP contribution >= 0.6 is 0 Å². The normalized spacial score (nSPS) is 17.8. The molecular formula is C26H29FN6O. The number of hydrogen-bond donors (Lipinski definition) is 1. The molecule has 4 aromatic rings. The summed E-state index contributed by atoms with van der Waals surface area (Å²) in [6.45, 7) is 8.43. The minimum Gasteiger partial charge on any atom is -0.321 e. The smallest absolute Gasteiger partial charge is 0.253 e. The highest BCUT2D eigenvalue weighted by molar-refractivity contribution is 5.83. The number of rotatable bonds is 5. The van der Waals surface area contributed by atoms with Crippen LogP contribution in [0.1, 0.15) is 53.9 Å². The molecule has 34 heavy (non-hydrogen) atoms. The lowest BCUT2D eigenvalue weighted by Gasteiger charge is -2.36. The summed E-state index contributed by atoms with van der Waals surface area (Å²) in [5.74, 6) is 0.850. The Balaban J connectivity index is 1.63. The van der Waals surface area contributed by atoms with E-state index in [1.54, 1.807) is 16.8 Å². The molecule has 2 aromatic carbocycles. The van der Waals surface area contributed by atoms with E-state index in [0.29, 0.717) is 23.9 Å². The Labute approximate surface area is 197 Å². The quantitative estimate of drug-likeness (QED) is 0.484. The number of pyridine rings is 1. The number of fused-ring (bicyclic) bond motifs is 1. The van der Waals surface area contributed by atoms with E-state index < -0.39 is 0 Å². The van der Waals surface area contributed by atoms with Gasteiger partial charge >= 0.3 is 0 Å². The maximum atomic E-state index is 13.5. The molecule has 0 saturated carbocycles. The number of H-pyrrole nitrogens is 1. The first-order valence-corrected chi connectivity index (χ1v) is 11.8. The summed E-state index contributed by atoms with van der Waals surface area (Å²) in [4.78, 5) is 18.9. The Kier molecular flexibility index (Phi) is 6.00. The van der Waals surface area contributed by atoms with Gasteiger partial charge in [-0.3, -0.25) is 9.69 Å². The SMILES string of the molecule is Cc1ccc2cc([C@H](c3nnnn3Cc3ccc(F)cc3)N3CCC[C@@H](C)C3)c(=O)[nH]c2c1C. The van der Waals surface area contributed by atoms with E-state index in [9.17, 15) is 9.18 Å². The third kappa shape index (κ3) is 4.25. The maximum absolute atomic E-state index is 13.5. The molecule has 3 heterocycles. The predicted octanol–water partition coefficient (Wildman–Crippen LogP) is 4.14. The molecule has 0 aliphatic carbocycles.